The van der Waals surface area contributed by atoms with E-state index in [1.54, 1.807) is 24.3 Å². The van der Waals surface area contributed by atoms with Crippen molar-refractivity contribution < 1.29 is 31.9 Å². The molecule has 2 aromatic carbocycles. The van der Waals surface area contributed by atoms with E-state index in [0.29, 0.717) is 11.3 Å². The maximum Gasteiger partial charge on any atom is 0.418 e. The van der Waals surface area contributed by atoms with Crippen molar-refractivity contribution in [2.45, 2.75) is 6.18 Å². The first-order valence-electron chi connectivity index (χ1n) is 8.96. The number of benzene rings is 2. The van der Waals surface area contributed by atoms with Crippen LogP contribution in [0.25, 0.3) is 6.08 Å². The molecule has 0 spiro atoms. The quantitative estimate of drug-likeness (QED) is 0.526. The standard InChI is InChI=1S/C22H17F3N2O4/c1-30-18-6-3-2-5-14(18)8-11-20(28)27-17-10-9-15(13-16(17)22(23,24)25)26-21(29)19-7-4-12-31-19/h2-13H,1H3,(H,26,29)(H,27,28)/b11-8+. The van der Waals surface area contributed by atoms with E-state index in [4.69, 9.17) is 9.15 Å². The summed E-state index contributed by atoms with van der Waals surface area (Å²) >= 11 is 0. The van der Waals surface area contributed by atoms with Gasteiger partial charge in [0.1, 0.15) is 5.75 Å². The van der Waals surface area contributed by atoms with Crippen molar-refractivity contribution in [1.29, 1.82) is 0 Å². The van der Waals surface area contributed by atoms with Crippen molar-refractivity contribution in [1.82, 2.24) is 0 Å². The molecular formula is C22H17F3N2O4. The third kappa shape index (κ3) is 5.53. The fourth-order valence-electron chi connectivity index (χ4n) is 2.71. The molecule has 0 aliphatic rings. The highest BCUT2D eigenvalue weighted by Crippen LogP contribution is 2.36. The van der Waals surface area contributed by atoms with Crippen LogP contribution in [0.2, 0.25) is 0 Å². The molecule has 9 heteroatoms. The number of alkyl halides is 3. The Morgan fingerprint density at radius 2 is 1.81 bits per heavy atom. The number of hydrogen-bond donors (Lipinski definition) is 2. The summed E-state index contributed by atoms with van der Waals surface area (Å²) in [6, 6.07) is 12.8. The molecule has 3 aromatic rings. The predicted octanol–water partition coefficient (Wildman–Crippen LogP) is 5.21. The topological polar surface area (TPSA) is 80.6 Å². The van der Waals surface area contributed by atoms with Gasteiger partial charge in [-0.3, -0.25) is 9.59 Å². The smallest absolute Gasteiger partial charge is 0.418 e. The van der Waals surface area contributed by atoms with Crippen LogP contribution >= 0.6 is 0 Å². The minimum absolute atomic E-state index is 0.0487. The lowest BCUT2D eigenvalue weighted by Crippen LogP contribution is -2.16. The summed E-state index contributed by atoms with van der Waals surface area (Å²) in [5, 5.41) is 4.54. The van der Waals surface area contributed by atoms with Crippen molar-refractivity contribution in [2.24, 2.45) is 0 Å². The Morgan fingerprint density at radius 3 is 2.48 bits per heavy atom. The highest BCUT2D eigenvalue weighted by Gasteiger charge is 2.34. The molecule has 2 N–H and O–H groups in total. The molecule has 0 aliphatic heterocycles. The van der Waals surface area contributed by atoms with E-state index in [-0.39, 0.29) is 11.4 Å². The minimum Gasteiger partial charge on any atom is -0.496 e. The SMILES string of the molecule is COc1ccccc1/C=C/C(=O)Nc1ccc(NC(=O)c2ccco2)cc1C(F)(F)F. The molecule has 160 valence electrons. The molecule has 0 fully saturated rings. The number of ether oxygens (including phenoxy) is 1. The normalized spacial score (nSPS) is 11.4. The summed E-state index contributed by atoms with van der Waals surface area (Å²) in [5.74, 6) is -0.995. The third-order valence-corrected chi connectivity index (χ3v) is 4.14. The molecule has 3 rings (SSSR count). The van der Waals surface area contributed by atoms with Crippen LogP contribution in [-0.4, -0.2) is 18.9 Å². The van der Waals surface area contributed by atoms with Crippen LogP contribution in [0.5, 0.6) is 5.75 Å². The highest BCUT2D eigenvalue weighted by molar-refractivity contribution is 6.04. The first-order valence-corrected chi connectivity index (χ1v) is 8.96. The molecule has 0 bridgehead atoms. The molecule has 0 saturated carbocycles. The van der Waals surface area contributed by atoms with Gasteiger partial charge in [-0.1, -0.05) is 18.2 Å². The molecular weight excluding hydrogens is 413 g/mol. The molecule has 0 unspecified atom stereocenters. The van der Waals surface area contributed by atoms with Crippen LogP contribution < -0.4 is 15.4 Å². The van der Waals surface area contributed by atoms with Crippen LogP contribution in [-0.2, 0) is 11.0 Å². The number of carbonyl (C=O) groups excluding carboxylic acids is 2. The predicted molar refractivity (Wildman–Crippen MR) is 109 cm³/mol. The van der Waals surface area contributed by atoms with Gasteiger partial charge in [0.25, 0.3) is 5.91 Å². The molecule has 0 saturated heterocycles. The van der Waals surface area contributed by atoms with Gasteiger partial charge in [-0.25, -0.2) is 0 Å². The van der Waals surface area contributed by atoms with Crippen LogP contribution in [0, 0.1) is 0 Å². The number of amides is 2. The Balaban J connectivity index is 1.79. The van der Waals surface area contributed by atoms with Gasteiger partial charge in [-0.05, 0) is 42.5 Å². The van der Waals surface area contributed by atoms with Gasteiger partial charge >= 0.3 is 6.18 Å². The maximum absolute atomic E-state index is 13.5. The van der Waals surface area contributed by atoms with Gasteiger partial charge in [0.05, 0.1) is 24.6 Å². The lowest BCUT2D eigenvalue weighted by atomic mass is 10.1. The summed E-state index contributed by atoms with van der Waals surface area (Å²) < 4.78 is 50.6. The minimum atomic E-state index is -4.76. The van der Waals surface area contributed by atoms with Gasteiger partial charge in [-0.2, -0.15) is 13.2 Å². The van der Waals surface area contributed by atoms with E-state index in [0.717, 1.165) is 18.2 Å². The zero-order valence-corrected chi connectivity index (χ0v) is 16.2. The average Bonchev–Trinajstić information content (AvgIpc) is 3.28. The van der Waals surface area contributed by atoms with E-state index >= 15 is 0 Å². The van der Waals surface area contributed by atoms with Gasteiger partial charge in [0.2, 0.25) is 5.91 Å². The third-order valence-electron chi connectivity index (χ3n) is 4.14. The van der Waals surface area contributed by atoms with Crippen molar-refractivity contribution in [3.05, 3.63) is 83.8 Å². The number of furan rings is 1. The van der Waals surface area contributed by atoms with E-state index in [9.17, 15) is 22.8 Å². The molecule has 31 heavy (non-hydrogen) atoms. The average molecular weight is 430 g/mol. The van der Waals surface area contributed by atoms with Crippen LogP contribution in [0.15, 0.2) is 71.4 Å². The second-order valence-electron chi connectivity index (χ2n) is 6.25. The van der Waals surface area contributed by atoms with Gasteiger partial charge in [0, 0.05) is 17.3 Å². The first-order chi connectivity index (χ1) is 14.8. The molecule has 1 aromatic heterocycles. The lowest BCUT2D eigenvalue weighted by Gasteiger charge is -2.15. The Kier molecular flexibility index (Phi) is 6.44. The Labute approximate surface area is 175 Å². The van der Waals surface area contributed by atoms with E-state index in [2.05, 4.69) is 10.6 Å². The Morgan fingerprint density at radius 1 is 1.03 bits per heavy atom. The number of para-hydroxylation sites is 1. The second-order valence-corrected chi connectivity index (χ2v) is 6.25. The fraction of sp³-hybridized carbons (Fsp3) is 0.0909. The van der Waals surface area contributed by atoms with Crippen LogP contribution in [0.4, 0.5) is 24.5 Å². The van der Waals surface area contributed by atoms with E-state index in [1.165, 1.54) is 37.6 Å². The number of nitrogens with one attached hydrogen (secondary N) is 2. The largest absolute Gasteiger partial charge is 0.496 e. The lowest BCUT2D eigenvalue weighted by molar-refractivity contribution is -0.136. The number of rotatable bonds is 6. The first kappa shape index (κ1) is 21.7. The summed E-state index contributed by atoms with van der Waals surface area (Å²) in [7, 11) is 1.47. The zero-order chi connectivity index (χ0) is 22.4. The second kappa shape index (κ2) is 9.21. The fourth-order valence-corrected chi connectivity index (χ4v) is 2.71. The number of hydrogen-bond acceptors (Lipinski definition) is 4. The molecule has 0 aliphatic carbocycles. The monoisotopic (exact) mass is 430 g/mol. The summed E-state index contributed by atoms with van der Waals surface area (Å²) in [6.07, 6.45) is -0.961. The van der Waals surface area contributed by atoms with Gasteiger partial charge in [0.15, 0.2) is 5.76 Å². The molecule has 1 heterocycles. The zero-order valence-electron chi connectivity index (χ0n) is 16.2. The van der Waals surface area contributed by atoms with Crippen molar-refractivity contribution in [3.63, 3.8) is 0 Å². The van der Waals surface area contributed by atoms with Crippen LogP contribution in [0.3, 0.4) is 0 Å². The molecule has 0 radical (unpaired) electrons. The summed E-state index contributed by atoms with van der Waals surface area (Å²) in [5.41, 5.74) is -1.06. The van der Waals surface area contributed by atoms with Crippen molar-refractivity contribution in [2.75, 3.05) is 17.7 Å². The maximum atomic E-state index is 13.5. The number of carbonyl (C=O) groups is 2. The van der Waals surface area contributed by atoms with Gasteiger partial charge in [-0.15, -0.1) is 0 Å². The van der Waals surface area contributed by atoms with E-state index < -0.39 is 29.2 Å². The molecule has 2 amide bonds. The number of anilines is 2. The number of halogens is 3. The van der Waals surface area contributed by atoms with Crippen molar-refractivity contribution >= 4 is 29.3 Å². The van der Waals surface area contributed by atoms with Crippen molar-refractivity contribution in [3.8, 4) is 5.75 Å². The Hall–Kier alpha value is -4.01. The summed E-state index contributed by atoms with van der Waals surface area (Å²) in [6.45, 7) is 0. The Bertz CT molecular complexity index is 1110. The van der Waals surface area contributed by atoms with Crippen LogP contribution in [0.1, 0.15) is 21.7 Å². The molecule has 6 nitrogen and oxygen atoms in total. The summed E-state index contributed by atoms with van der Waals surface area (Å²) in [4.78, 5) is 24.2. The van der Waals surface area contributed by atoms with E-state index in [1.807, 2.05) is 0 Å². The highest BCUT2D eigenvalue weighted by atomic mass is 19.4. The molecule has 0 atom stereocenters. The number of methoxy groups -OCH3 is 1. The van der Waals surface area contributed by atoms with Gasteiger partial charge < -0.3 is 19.8 Å².